The molecular weight excluding hydrogens is 939 g/mol. The van der Waals surface area contributed by atoms with Crippen molar-refractivity contribution in [3.63, 3.8) is 0 Å². The van der Waals surface area contributed by atoms with Crippen LogP contribution in [-0.4, -0.2) is 24.7 Å². The minimum Gasteiger partial charge on any atom is -0.469 e. The molecule has 355 valence electrons. The molecule has 0 spiro atoms. The molecule has 0 saturated heterocycles. The monoisotopic (exact) mass is 992 g/mol. The highest BCUT2D eigenvalue weighted by Crippen LogP contribution is 2.60. The Bertz CT molecular complexity index is 3400. The van der Waals surface area contributed by atoms with Gasteiger partial charge in [0.1, 0.15) is 17.3 Å². The average Bonchev–Trinajstić information content (AvgIpc) is 4.22. The molecule has 6 heterocycles. The van der Waals surface area contributed by atoms with Crippen LogP contribution in [0.1, 0.15) is 87.5 Å². The quantitative estimate of drug-likeness (QED) is 0.0794. The van der Waals surface area contributed by atoms with Crippen molar-refractivity contribution in [2.75, 3.05) is 0 Å². The first-order valence-corrected chi connectivity index (χ1v) is 26.5. The second-order valence-corrected chi connectivity index (χ2v) is 21.1. The summed E-state index contributed by atoms with van der Waals surface area (Å²) in [7, 11) is 0. The number of hydrogen-bond donors (Lipinski definition) is 0. The third kappa shape index (κ3) is 10.1. The fourth-order valence-electron chi connectivity index (χ4n) is 11.5. The van der Waals surface area contributed by atoms with Crippen molar-refractivity contribution in [1.82, 2.24) is 15.0 Å². The predicted molar refractivity (Wildman–Crippen MR) is 302 cm³/mol. The molecule has 0 N–H and O–H groups in total. The number of rotatable bonds is 18. The number of hydrogen-bond acceptors (Lipinski definition) is 8. The number of fused-ring (bicyclic) bond motifs is 2. The van der Waals surface area contributed by atoms with Crippen LogP contribution < -0.4 is 0 Å². The van der Waals surface area contributed by atoms with E-state index in [9.17, 15) is 0 Å². The number of benzene rings is 3. The standard InChI is InChI=1S/C64H54N3O2S3/c1-42-28-29-56(69-42)64(61(54-23-10-11-33-67-54)51(45-30-34-65-35-31-45)37-43-15-13-32-66-41-43)63(55-24-14-36-68-55)62(60-40-48-18-4-9-27-59(48)72-60)53(39-47-17-3-7-25-57(47)70)52(50-22-6-8-26-58(50)71)38-46-20-12-19-44-16-2-5-21-49(44)46/h2-24,27-36,40-41,52-53,61-64H,25-26,37-39H2,1H3. The first-order chi connectivity index (χ1) is 35.5. The van der Waals surface area contributed by atoms with Crippen molar-refractivity contribution in [3.05, 3.63) is 275 Å². The lowest BCUT2D eigenvalue weighted by Gasteiger charge is -2.44. The van der Waals surface area contributed by atoms with Gasteiger partial charge in [-0.3, -0.25) is 15.0 Å². The number of allylic oxidation sites excluding steroid dienone is 8. The van der Waals surface area contributed by atoms with E-state index in [0.717, 1.165) is 56.7 Å². The van der Waals surface area contributed by atoms with Crippen LogP contribution in [0.3, 0.4) is 0 Å². The zero-order valence-electron chi connectivity index (χ0n) is 40.1. The molecule has 6 aromatic heterocycles. The average molecular weight is 993 g/mol. The van der Waals surface area contributed by atoms with E-state index in [1.54, 1.807) is 0 Å². The van der Waals surface area contributed by atoms with Gasteiger partial charge in [-0.2, -0.15) is 0 Å². The molecule has 9 aromatic rings. The number of aryl methyl sites for hydroxylation is 1. The van der Waals surface area contributed by atoms with Gasteiger partial charge in [-0.15, -0.1) is 11.3 Å². The highest BCUT2D eigenvalue weighted by atomic mass is 32.1. The highest BCUT2D eigenvalue weighted by Gasteiger charge is 2.50. The van der Waals surface area contributed by atoms with Gasteiger partial charge < -0.3 is 8.83 Å². The maximum Gasteiger partial charge on any atom is 0.108 e. The molecule has 0 amide bonds. The lowest BCUT2D eigenvalue weighted by molar-refractivity contribution is 0.224. The van der Waals surface area contributed by atoms with Crippen molar-refractivity contribution in [1.29, 1.82) is 0 Å². The summed E-state index contributed by atoms with van der Waals surface area (Å²) in [6.07, 6.45) is 28.2. The summed E-state index contributed by atoms with van der Waals surface area (Å²) in [4.78, 5) is 17.7. The van der Waals surface area contributed by atoms with Crippen molar-refractivity contribution < 1.29 is 8.83 Å². The fraction of sp³-hybridized carbons (Fsp3) is 0.188. The number of furan rings is 2. The second-order valence-electron chi connectivity index (χ2n) is 19.0. The molecule has 2 aliphatic rings. The van der Waals surface area contributed by atoms with Gasteiger partial charge in [-0.05, 0) is 149 Å². The maximum atomic E-state index is 7.11. The van der Waals surface area contributed by atoms with E-state index in [1.807, 2.05) is 73.7 Å². The number of aromatic nitrogens is 3. The van der Waals surface area contributed by atoms with Gasteiger partial charge in [-0.25, -0.2) is 0 Å². The van der Waals surface area contributed by atoms with Gasteiger partial charge in [0.2, 0.25) is 0 Å². The smallest absolute Gasteiger partial charge is 0.108 e. The van der Waals surface area contributed by atoms with E-state index in [4.69, 9.17) is 38.3 Å². The summed E-state index contributed by atoms with van der Waals surface area (Å²) in [6, 6.07) is 50.1. The Morgan fingerprint density at radius 3 is 2.22 bits per heavy atom. The SMILES string of the molecule is Cc1ccc(C(C([C](Cc2cccnc2)c2ccncc2)c2ccccn2)C(c2ccco2)C(c2cc3ccccc3s2)C(CC2=CC=CCC2=S)C(Cc2cccc3ccccc23)C2=CC=CCC2=S)o1. The van der Waals surface area contributed by atoms with Gasteiger partial charge in [0.15, 0.2) is 0 Å². The van der Waals surface area contributed by atoms with Crippen LogP contribution in [-0.2, 0) is 12.8 Å². The Balaban J connectivity index is 1.23. The number of pyridine rings is 3. The molecule has 11 rings (SSSR count). The zero-order chi connectivity index (χ0) is 48.8. The number of nitrogens with zero attached hydrogens (tertiary/aromatic N) is 3. The minimum atomic E-state index is -0.366. The first-order valence-electron chi connectivity index (χ1n) is 24.9. The van der Waals surface area contributed by atoms with Crippen molar-refractivity contribution in [2.24, 2.45) is 11.8 Å². The van der Waals surface area contributed by atoms with E-state index < -0.39 is 0 Å². The van der Waals surface area contributed by atoms with Crippen LogP contribution >= 0.6 is 35.8 Å². The number of thiocarbonyl (C=S) groups is 2. The zero-order valence-corrected chi connectivity index (χ0v) is 42.5. The summed E-state index contributed by atoms with van der Waals surface area (Å²) in [5.41, 5.74) is 6.80. The summed E-state index contributed by atoms with van der Waals surface area (Å²) >= 11 is 14.8. The summed E-state index contributed by atoms with van der Waals surface area (Å²) < 4.78 is 15.3. The first kappa shape index (κ1) is 47.4. The van der Waals surface area contributed by atoms with E-state index in [1.165, 1.54) is 48.4 Å². The van der Waals surface area contributed by atoms with Crippen LogP contribution in [0.4, 0.5) is 0 Å². The molecule has 6 atom stereocenters. The van der Waals surface area contributed by atoms with Gasteiger partial charge >= 0.3 is 0 Å². The molecule has 2 aliphatic carbocycles. The molecule has 0 fully saturated rings. The largest absolute Gasteiger partial charge is 0.469 e. The Hall–Kier alpha value is -6.97. The van der Waals surface area contributed by atoms with Crippen LogP contribution in [0, 0.1) is 24.7 Å². The van der Waals surface area contributed by atoms with Gasteiger partial charge in [-0.1, -0.05) is 134 Å². The maximum absolute atomic E-state index is 7.11. The van der Waals surface area contributed by atoms with Crippen LogP contribution in [0.2, 0.25) is 0 Å². The Morgan fingerprint density at radius 1 is 0.667 bits per heavy atom. The minimum absolute atomic E-state index is 0.0538. The van der Waals surface area contributed by atoms with Crippen molar-refractivity contribution in [2.45, 2.75) is 62.7 Å². The third-order valence-corrected chi connectivity index (χ3v) is 16.8. The summed E-state index contributed by atoms with van der Waals surface area (Å²) in [5.74, 6) is 2.39. The van der Waals surface area contributed by atoms with Gasteiger partial charge in [0, 0.05) is 98.4 Å². The third-order valence-electron chi connectivity index (χ3n) is 14.7. The molecular formula is C64H54N3O2S3. The normalized spacial score (nSPS) is 16.4. The van der Waals surface area contributed by atoms with Crippen LogP contribution in [0.25, 0.3) is 20.9 Å². The molecule has 3 aromatic carbocycles. The van der Waals surface area contributed by atoms with E-state index in [2.05, 4.69) is 168 Å². The Labute approximate surface area is 436 Å². The lowest BCUT2D eigenvalue weighted by atomic mass is 9.59. The van der Waals surface area contributed by atoms with E-state index in [0.29, 0.717) is 19.3 Å². The van der Waals surface area contributed by atoms with Crippen molar-refractivity contribution >= 4 is 66.4 Å². The van der Waals surface area contributed by atoms with Gasteiger partial charge in [0.25, 0.3) is 0 Å². The molecule has 72 heavy (non-hydrogen) atoms. The molecule has 0 aliphatic heterocycles. The fourth-order valence-corrected chi connectivity index (χ4v) is 13.4. The molecule has 1 radical (unpaired) electrons. The molecule has 0 saturated carbocycles. The van der Waals surface area contributed by atoms with Crippen molar-refractivity contribution in [3.8, 4) is 0 Å². The molecule has 5 nitrogen and oxygen atoms in total. The predicted octanol–water partition coefficient (Wildman–Crippen LogP) is 16.4. The molecule has 0 bridgehead atoms. The second kappa shape index (κ2) is 21.8. The lowest BCUT2D eigenvalue weighted by Crippen LogP contribution is -2.36. The van der Waals surface area contributed by atoms with Crippen LogP contribution in [0.15, 0.2) is 233 Å². The summed E-state index contributed by atoms with van der Waals surface area (Å²) in [5, 5.41) is 3.69. The topological polar surface area (TPSA) is 65.0 Å². The van der Waals surface area contributed by atoms with E-state index in [-0.39, 0.29) is 35.5 Å². The number of thiophene rings is 1. The Kier molecular flexibility index (Phi) is 14.3. The molecule has 8 heteroatoms. The van der Waals surface area contributed by atoms with Crippen LogP contribution in [0.5, 0.6) is 0 Å². The summed E-state index contributed by atoms with van der Waals surface area (Å²) in [6.45, 7) is 2.04. The van der Waals surface area contributed by atoms with Gasteiger partial charge in [0.05, 0.1) is 6.26 Å². The van der Waals surface area contributed by atoms with E-state index >= 15 is 0 Å². The molecule has 6 unspecified atom stereocenters. The Morgan fingerprint density at radius 2 is 1.47 bits per heavy atom. The highest BCUT2D eigenvalue weighted by molar-refractivity contribution is 7.81.